The number of anilines is 1. The van der Waals surface area contributed by atoms with Gasteiger partial charge in [-0.1, -0.05) is 6.07 Å². The summed E-state index contributed by atoms with van der Waals surface area (Å²) < 4.78 is 45.7. The Morgan fingerprint density at radius 2 is 1.85 bits per heavy atom. The van der Waals surface area contributed by atoms with Crippen LogP contribution in [0.2, 0.25) is 0 Å². The second-order valence-electron chi connectivity index (χ2n) is 11.1. The first kappa shape index (κ1) is 31.7. The molecule has 1 aromatic carbocycles. The molecule has 0 aliphatic carbocycles. The molecule has 2 N–H and O–H groups in total. The van der Waals surface area contributed by atoms with Gasteiger partial charge in [0.05, 0.1) is 28.6 Å². The van der Waals surface area contributed by atoms with Gasteiger partial charge in [0.1, 0.15) is 11.1 Å². The molecule has 1 aliphatic rings. The maximum atomic E-state index is 13.4. The van der Waals surface area contributed by atoms with Gasteiger partial charge in [-0.15, -0.1) is 11.3 Å². The normalized spacial score (nSPS) is 18.3. The van der Waals surface area contributed by atoms with Crippen LogP contribution in [0, 0.1) is 5.92 Å². The number of hydrogen-bond donors (Lipinski definition) is 2. The maximum Gasteiger partial charge on any atom is 0.433 e. The monoisotopic (exact) mass is 594 g/mol. The van der Waals surface area contributed by atoms with E-state index in [-0.39, 0.29) is 34.8 Å². The smallest absolute Gasteiger partial charge is 0.433 e. The molecule has 1 aromatic heterocycles. The van der Waals surface area contributed by atoms with Crippen molar-refractivity contribution in [1.82, 2.24) is 9.71 Å². The molecule has 0 radical (unpaired) electrons. The van der Waals surface area contributed by atoms with E-state index >= 15 is 0 Å². The molecule has 2 heterocycles. The van der Waals surface area contributed by atoms with Crippen LogP contribution < -0.4 is 10.0 Å². The summed E-state index contributed by atoms with van der Waals surface area (Å²) in [5, 5.41) is 3.31. The zero-order chi connectivity index (χ0) is 29.7. The van der Waals surface area contributed by atoms with Crippen molar-refractivity contribution >= 4 is 45.4 Å². The number of aliphatic imine (C=N–C) groups is 1. The number of thiazole rings is 1. The zero-order valence-electron chi connectivity index (χ0n) is 23.9. The first-order valence-corrected chi connectivity index (χ1v) is 15.4. The number of sulfonamides is 1. The topological polar surface area (TPSA) is 145 Å². The minimum atomic E-state index is -3.97. The number of carbonyl (C=O) groups excluding carboxylic acids is 2. The summed E-state index contributed by atoms with van der Waals surface area (Å²) in [4.78, 5) is 32.8. The van der Waals surface area contributed by atoms with Gasteiger partial charge in [0.2, 0.25) is 10.0 Å². The fourth-order valence-electron chi connectivity index (χ4n) is 3.89. The second kappa shape index (κ2) is 13.2. The van der Waals surface area contributed by atoms with Crippen molar-refractivity contribution < 1.29 is 32.2 Å². The third-order valence-corrected chi connectivity index (χ3v) is 8.32. The lowest BCUT2D eigenvalue weighted by molar-refractivity contribution is 0.000197. The minimum absolute atomic E-state index is 0.00842. The summed E-state index contributed by atoms with van der Waals surface area (Å²) in [6.45, 7) is 12.6. The number of nitrogens with one attached hydrogen (secondary N) is 2. The summed E-state index contributed by atoms with van der Waals surface area (Å²) in [5.41, 5.74) is 0.0118. The number of aromatic nitrogens is 1. The average molecular weight is 595 g/mol. The number of rotatable bonds is 8. The van der Waals surface area contributed by atoms with Crippen molar-refractivity contribution in [2.24, 2.45) is 10.9 Å². The predicted molar refractivity (Wildman–Crippen MR) is 154 cm³/mol. The van der Waals surface area contributed by atoms with Gasteiger partial charge in [-0.25, -0.2) is 27.7 Å². The number of benzene rings is 1. The van der Waals surface area contributed by atoms with Gasteiger partial charge in [0, 0.05) is 35.1 Å². The lowest BCUT2D eigenvalue weighted by Gasteiger charge is -2.25. The van der Waals surface area contributed by atoms with Crippen LogP contribution in [0.15, 0.2) is 34.3 Å². The van der Waals surface area contributed by atoms with Crippen LogP contribution in [0.4, 0.5) is 15.3 Å². The lowest BCUT2D eigenvalue weighted by Crippen LogP contribution is -2.40. The molecule has 1 fully saturated rings. The molecule has 0 saturated carbocycles. The van der Waals surface area contributed by atoms with Gasteiger partial charge in [-0.2, -0.15) is 4.99 Å². The average Bonchev–Trinajstić information content (AvgIpc) is 3.31. The number of ether oxygens (including phenoxy) is 3. The molecule has 1 saturated heterocycles. The Balaban J connectivity index is 1.81. The summed E-state index contributed by atoms with van der Waals surface area (Å²) in [6.07, 6.45) is 2.50. The molecule has 1 unspecified atom stereocenters. The molecular formula is C27H38N4O7S2. The van der Waals surface area contributed by atoms with Gasteiger partial charge in [-0.05, 0) is 73.4 Å². The molecule has 2 aromatic rings. The standard InChI is InChI=1S/C27H38N4O7S2/c1-16(2)37-25(32)29-13-18-8-11-21(36-15-18)24-28-14-22(39-24)20-10-9-19(30-26(33)38-17(3)4)12-23(20)40(34,35)31-27(5,6)7/h9-10,12-14,16-18,21,31H,8,11,15H2,1-7H3,(H,30,33)/t18?,21-/m0/s1. The fourth-order valence-corrected chi connectivity index (χ4v) is 6.66. The van der Waals surface area contributed by atoms with Crippen LogP contribution in [-0.2, 0) is 24.2 Å². The predicted octanol–water partition coefficient (Wildman–Crippen LogP) is 5.93. The van der Waals surface area contributed by atoms with E-state index in [1.165, 1.54) is 17.4 Å². The van der Waals surface area contributed by atoms with E-state index < -0.39 is 27.7 Å². The second-order valence-corrected chi connectivity index (χ2v) is 13.8. The molecule has 40 heavy (non-hydrogen) atoms. The van der Waals surface area contributed by atoms with E-state index in [0.29, 0.717) is 23.5 Å². The van der Waals surface area contributed by atoms with Gasteiger partial charge in [0.25, 0.3) is 0 Å². The molecule has 0 spiro atoms. The van der Waals surface area contributed by atoms with Crippen LogP contribution in [0.5, 0.6) is 0 Å². The third kappa shape index (κ3) is 9.36. The first-order valence-electron chi connectivity index (χ1n) is 13.1. The SMILES string of the molecule is CC(C)OC(=O)N=CC1CC[C@@H](c2ncc(-c3ccc(NC(=O)OC(C)C)cc3S(=O)(=O)NC(C)(C)C)s2)OC1. The number of carbonyl (C=O) groups is 2. The summed E-state index contributed by atoms with van der Waals surface area (Å²) in [5.74, 6) is -0.0157. The van der Waals surface area contributed by atoms with E-state index in [0.717, 1.165) is 11.4 Å². The van der Waals surface area contributed by atoms with Crippen molar-refractivity contribution in [3.63, 3.8) is 0 Å². The van der Waals surface area contributed by atoms with E-state index in [1.54, 1.807) is 73.0 Å². The highest BCUT2D eigenvalue weighted by Crippen LogP contribution is 2.38. The fraction of sp³-hybridized carbons (Fsp3) is 0.556. The molecule has 2 amide bonds. The van der Waals surface area contributed by atoms with Gasteiger partial charge >= 0.3 is 12.2 Å². The molecular weight excluding hydrogens is 556 g/mol. The van der Waals surface area contributed by atoms with Crippen molar-refractivity contribution in [2.75, 3.05) is 11.9 Å². The third-order valence-electron chi connectivity index (χ3n) is 5.40. The summed E-state index contributed by atoms with van der Waals surface area (Å²) in [7, 11) is -3.97. The Labute approximate surface area is 239 Å². The number of amides is 2. The Bertz CT molecular complexity index is 1320. The largest absolute Gasteiger partial charge is 0.447 e. The molecule has 220 valence electrons. The van der Waals surface area contributed by atoms with Crippen LogP contribution in [0.3, 0.4) is 0 Å². The summed E-state index contributed by atoms with van der Waals surface area (Å²) in [6, 6.07) is 4.68. The molecule has 1 aliphatic heterocycles. The molecule has 11 nitrogen and oxygen atoms in total. The minimum Gasteiger partial charge on any atom is -0.447 e. The molecule has 0 bridgehead atoms. The van der Waals surface area contributed by atoms with Crippen molar-refractivity contribution in [3.05, 3.63) is 29.4 Å². The van der Waals surface area contributed by atoms with Gasteiger partial charge in [-0.3, -0.25) is 5.32 Å². The van der Waals surface area contributed by atoms with Crippen LogP contribution in [-0.4, -0.2) is 56.2 Å². The molecule has 3 rings (SSSR count). The van der Waals surface area contributed by atoms with E-state index in [9.17, 15) is 18.0 Å². The zero-order valence-corrected chi connectivity index (χ0v) is 25.5. The Morgan fingerprint density at radius 1 is 1.15 bits per heavy atom. The van der Waals surface area contributed by atoms with Gasteiger partial charge in [0.15, 0.2) is 0 Å². The number of nitrogens with zero attached hydrogens (tertiary/aromatic N) is 2. The van der Waals surface area contributed by atoms with Crippen molar-refractivity contribution in [2.45, 2.75) is 90.1 Å². The van der Waals surface area contributed by atoms with E-state index in [4.69, 9.17) is 14.2 Å². The Morgan fingerprint density at radius 3 is 2.45 bits per heavy atom. The first-order chi connectivity index (χ1) is 18.6. The van der Waals surface area contributed by atoms with E-state index in [1.807, 2.05) is 0 Å². The van der Waals surface area contributed by atoms with Crippen LogP contribution >= 0.6 is 11.3 Å². The summed E-state index contributed by atoms with van der Waals surface area (Å²) >= 11 is 1.35. The quantitative estimate of drug-likeness (QED) is 0.358. The van der Waals surface area contributed by atoms with Crippen LogP contribution in [0.1, 0.15) is 72.4 Å². The van der Waals surface area contributed by atoms with Gasteiger partial charge < -0.3 is 14.2 Å². The highest BCUT2D eigenvalue weighted by atomic mass is 32.2. The van der Waals surface area contributed by atoms with E-state index in [2.05, 4.69) is 20.0 Å². The molecule has 13 heteroatoms. The highest BCUT2D eigenvalue weighted by Gasteiger charge is 2.29. The van der Waals surface area contributed by atoms with Crippen LogP contribution in [0.25, 0.3) is 10.4 Å². The lowest BCUT2D eigenvalue weighted by atomic mass is 10.00. The number of hydrogen-bond acceptors (Lipinski definition) is 9. The highest BCUT2D eigenvalue weighted by molar-refractivity contribution is 7.89. The van der Waals surface area contributed by atoms with Crippen molar-refractivity contribution in [3.8, 4) is 10.4 Å². The van der Waals surface area contributed by atoms with Crippen molar-refractivity contribution in [1.29, 1.82) is 0 Å². The Kier molecular flexibility index (Phi) is 10.4. The molecule has 2 atom stereocenters. The Hall–Kier alpha value is -2.87. The maximum absolute atomic E-state index is 13.4.